The molecule has 3 aliphatic rings. The summed E-state index contributed by atoms with van der Waals surface area (Å²) < 4.78 is 51.3. The Morgan fingerprint density at radius 3 is 1.97 bits per heavy atom. The van der Waals surface area contributed by atoms with Crippen molar-refractivity contribution in [3.05, 3.63) is 72.3 Å². The van der Waals surface area contributed by atoms with Crippen LogP contribution in [0.1, 0.15) is 12.5 Å². The van der Waals surface area contributed by atoms with Crippen LogP contribution in [0, 0.1) is 0 Å². The molecule has 1 aromatic heterocycles. The van der Waals surface area contributed by atoms with Crippen molar-refractivity contribution in [2.45, 2.75) is 99.0 Å². The van der Waals surface area contributed by atoms with E-state index in [0.29, 0.717) is 5.56 Å². The van der Waals surface area contributed by atoms with Crippen molar-refractivity contribution < 1.29 is 108 Å². The molecule has 3 aliphatic heterocycles. The SMILES string of the molecule is COc1cc(/C=C/C(=O)O[C@H]2C(C)O[C@@H](OCC3O[C@@H](Oc4cc5c(O[C@@H]6OC(CO)[C@@H](O)[C@H](O)C6O)cc(O)cc5[o+]c4-c4ccc(O)cc4)C(O)[C@@H](O)[C@@H]3O)[C@@H](O)C2O)ccc1O. The molecular formula is C43H49O22+. The van der Waals surface area contributed by atoms with Gasteiger partial charge in [0.05, 0.1) is 38.1 Å². The van der Waals surface area contributed by atoms with Gasteiger partial charge in [-0.25, -0.2) is 9.21 Å². The Hall–Kier alpha value is -5.44. The third-order valence-electron chi connectivity index (χ3n) is 11.0. The van der Waals surface area contributed by atoms with Gasteiger partial charge in [-0.1, -0.05) is 6.07 Å². The van der Waals surface area contributed by atoms with E-state index in [0.717, 1.165) is 12.1 Å². The van der Waals surface area contributed by atoms with Gasteiger partial charge in [0.15, 0.2) is 23.9 Å². The summed E-state index contributed by atoms with van der Waals surface area (Å²) in [6, 6.07) is 13.5. The predicted octanol–water partition coefficient (Wildman–Crippen LogP) is -1.02. The van der Waals surface area contributed by atoms with Gasteiger partial charge in [0.2, 0.25) is 18.3 Å². The van der Waals surface area contributed by atoms with E-state index in [4.69, 9.17) is 42.3 Å². The van der Waals surface area contributed by atoms with Crippen LogP contribution in [0.4, 0.5) is 0 Å². The van der Waals surface area contributed by atoms with Gasteiger partial charge >= 0.3 is 17.3 Å². The Kier molecular flexibility index (Phi) is 14.6. The first-order chi connectivity index (χ1) is 31.0. The molecule has 4 aromatic rings. The number of carbonyl (C=O) groups is 1. The largest absolute Gasteiger partial charge is 0.508 e. The highest BCUT2D eigenvalue weighted by Crippen LogP contribution is 2.42. The minimum atomic E-state index is -1.94. The van der Waals surface area contributed by atoms with Gasteiger partial charge in [-0.15, -0.1) is 0 Å². The number of rotatable bonds is 13. The lowest BCUT2D eigenvalue weighted by molar-refractivity contribution is -0.319. The van der Waals surface area contributed by atoms with E-state index in [1.54, 1.807) is 0 Å². The van der Waals surface area contributed by atoms with Crippen LogP contribution < -0.4 is 14.2 Å². The number of phenolic OH excluding ortho intramolecular Hbond substituents is 3. The van der Waals surface area contributed by atoms with E-state index >= 15 is 0 Å². The predicted molar refractivity (Wildman–Crippen MR) is 217 cm³/mol. The molecule has 0 spiro atoms. The highest BCUT2D eigenvalue weighted by Gasteiger charge is 2.49. The van der Waals surface area contributed by atoms with Gasteiger partial charge in [-0.2, -0.15) is 0 Å². The summed E-state index contributed by atoms with van der Waals surface area (Å²) in [5.41, 5.74) is 0.702. The first-order valence-corrected chi connectivity index (χ1v) is 20.1. The molecule has 22 nitrogen and oxygen atoms in total. The van der Waals surface area contributed by atoms with Crippen LogP contribution in [0.25, 0.3) is 28.4 Å². The Morgan fingerprint density at radius 2 is 1.31 bits per heavy atom. The number of ether oxygens (including phenoxy) is 8. The second kappa shape index (κ2) is 20.0. The average molecular weight is 918 g/mol. The lowest BCUT2D eigenvalue weighted by Gasteiger charge is -2.42. The number of fused-ring (bicyclic) bond motifs is 1. The van der Waals surface area contributed by atoms with Crippen LogP contribution in [-0.4, -0.2) is 180 Å². The Labute approximate surface area is 368 Å². The zero-order chi connectivity index (χ0) is 46.9. The zero-order valence-electron chi connectivity index (χ0n) is 34.5. The van der Waals surface area contributed by atoms with Crippen molar-refractivity contribution in [3.63, 3.8) is 0 Å². The maximum absolute atomic E-state index is 12.7. The third kappa shape index (κ3) is 10.2. The highest BCUT2D eigenvalue weighted by atomic mass is 16.7. The van der Waals surface area contributed by atoms with Gasteiger partial charge in [0.1, 0.15) is 83.7 Å². The smallest absolute Gasteiger partial charge is 0.402 e. The lowest BCUT2D eigenvalue weighted by atomic mass is 9.98. The topological polar surface area (TPSA) is 345 Å². The highest BCUT2D eigenvalue weighted by molar-refractivity contribution is 5.89. The fraction of sp³-hybridized carbons (Fsp3) is 0.442. The molecule has 0 aliphatic carbocycles. The summed E-state index contributed by atoms with van der Waals surface area (Å²) in [7, 11) is 1.36. The summed E-state index contributed by atoms with van der Waals surface area (Å²) >= 11 is 0. The third-order valence-corrected chi connectivity index (χ3v) is 11.0. The number of hydrogen-bond acceptors (Lipinski definition) is 21. The molecule has 65 heavy (non-hydrogen) atoms. The number of benzene rings is 3. The molecule has 0 bridgehead atoms. The average Bonchev–Trinajstić information content (AvgIpc) is 3.29. The van der Waals surface area contributed by atoms with E-state index in [9.17, 15) is 66.1 Å². The van der Waals surface area contributed by atoms with E-state index < -0.39 is 117 Å². The molecule has 22 heteroatoms. The maximum Gasteiger partial charge on any atom is 0.402 e. The molecule has 15 atom stereocenters. The summed E-state index contributed by atoms with van der Waals surface area (Å²) in [6.07, 6.45) is -22.5. The summed E-state index contributed by atoms with van der Waals surface area (Å²) in [5.74, 6) is -1.88. The van der Waals surface area contributed by atoms with E-state index in [1.807, 2.05) is 0 Å². The minimum Gasteiger partial charge on any atom is -0.508 e. The van der Waals surface area contributed by atoms with Crippen LogP contribution >= 0.6 is 0 Å². The first-order valence-electron chi connectivity index (χ1n) is 20.1. The maximum atomic E-state index is 12.7. The molecule has 12 N–H and O–H groups in total. The number of aromatic hydroxyl groups is 3. The van der Waals surface area contributed by atoms with Crippen LogP contribution in [0.2, 0.25) is 0 Å². The van der Waals surface area contributed by atoms with Gasteiger partial charge in [0, 0.05) is 18.2 Å². The normalized spacial score (nSPS) is 32.9. The summed E-state index contributed by atoms with van der Waals surface area (Å²) in [6.45, 7) is 0.0479. The number of phenols is 3. The second-order valence-corrected chi connectivity index (χ2v) is 15.5. The summed E-state index contributed by atoms with van der Waals surface area (Å²) in [4.78, 5) is 12.7. The van der Waals surface area contributed by atoms with E-state index in [2.05, 4.69) is 0 Å². The molecule has 3 aromatic carbocycles. The van der Waals surface area contributed by atoms with Crippen molar-refractivity contribution in [2.24, 2.45) is 0 Å². The van der Waals surface area contributed by atoms with E-state index in [1.165, 1.54) is 74.7 Å². The van der Waals surface area contributed by atoms with Crippen molar-refractivity contribution in [2.75, 3.05) is 20.3 Å². The van der Waals surface area contributed by atoms with Gasteiger partial charge in [-0.3, -0.25) is 0 Å². The molecule has 3 saturated heterocycles. The number of esters is 1. The fourth-order valence-corrected chi connectivity index (χ4v) is 7.37. The van der Waals surface area contributed by atoms with Crippen molar-refractivity contribution in [3.8, 4) is 45.8 Å². The Bertz CT molecular complexity index is 2310. The van der Waals surface area contributed by atoms with Crippen molar-refractivity contribution in [1.82, 2.24) is 0 Å². The number of hydrogen-bond donors (Lipinski definition) is 12. The molecule has 6 unspecified atom stereocenters. The van der Waals surface area contributed by atoms with Crippen molar-refractivity contribution in [1.29, 1.82) is 0 Å². The zero-order valence-corrected chi connectivity index (χ0v) is 34.5. The number of carbonyl (C=O) groups excluding carboxylic acids is 1. The first kappa shape index (κ1) is 47.5. The number of aliphatic hydroxyl groups is 9. The van der Waals surface area contributed by atoms with Gasteiger partial charge in [0.25, 0.3) is 0 Å². The van der Waals surface area contributed by atoms with Crippen LogP contribution in [-0.2, 0) is 28.5 Å². The van der Waals surface area contributed by atoms with Gasteiger partial charge in [-0.05, 0) is 55.0 Å². The molecule has 4 heterocycles. The standard InChI is InChI=1S/C43H48O22/c1-17-39(65-30(48)10-4-18-3-9-23(47)26(11-18)57-2)35(53)38(56)41(59-17)58-16-29-32(50)34(52)37(55)43(64-29)62-27-14-22-24(60-40(27)19-5-7-20(45)8-6-19)12-21(46)13-25(22)61-42-36(54)33(51)31(49)28(15-44)63-42/h3-14,17,28-29,31-39,41-44,49-56H,15-16H2,1-2H3,(H2-,45,46,47,48)/p+1/t17?,28?,29?,31-,32-,33+,34+,35?,36?,37?,38+,39+,41-,42-,43-/m1/s1. The molecule has 352 valence electrons. The van der Waals surface area contributed by atoms with E-state index in [-0.39, 0.29) is 51.0 Å². The monoisotopic (exact) mass is 917 g/mol. The Balaban J connectivity index is 1.08. The lowest BCUT2D eigenvalue weighted by Crippen LogP contribution is -2.62. The molecular weight excluding hydrogens is 868 g/mol. The summed E-state index contributed by atoms with van der Waals surface area (Å²) in [5, 5.41) is 126. The van der Waals surface area contributed by atoms with Crippen LogP contribution in [0.3, 0.4) is 0 Å². The molecule has 7 rings (SSSR count). The van der Waals surface area contributed by atoms with Gasteiger partial charge < -0.3 is 99.2 Å². The number of methoxy groups -OCH3 is 1. The number of aliphatic hydroxyl groups excluding tert-OH is 9. The van der Waals surface area contributed by atoms with Crippen LogP contribution in [0.5, 0.6) is 34.5 Å². The second-order valence-electron chi connectivity index (χ2n) is 15.5. The quantitative estimate of drug-likeness (QED) is 0.0434. The molecule has 0 saturated carbocycles. The van der Waals surface area contributed by atoms with Crippen molar-refractivity contribution >= 4 is 23.0 Å². The minimum absolute atomic E-state index is 0.0252. The van der Waals surface area contributed by atoms with Crippen LogP contribution in [0.15, 0.2) is 71.2 Å². The molecule has 0 radical (unpaired) electrons. The molecule has 3 fully saturated rings. The molecule has 0 amide bonds. The Morgan fingerprint density at radius 1 is 0.677 bits per heavy atom. The fourth-order valence-electron chi connectivity index (χ4n) is 7.37.